The normalized spacial score (nSPS) is 13.4. The van der Waals surface area contributed by atoms with Gasteiger partial charge in [-0.05, 0) is 30.3 Å². The van der Waals surface area contributed by atoms with E-state index in [1.54, 1.807) is 42.5 Å². The summed E-state index contributed by atoms with van der Waals surface area (Å²) in [6.45, 7) is 0.943. The first-order chi connectivity index (χ1) is 12.2. The van der Waals surface area contributed by atoms with E-state index in [1.807, 2.05) is 0 Å². The van der Waals surface area contributed by atoms with Gasteiger partial charge in [0.25, 0.3) is 5.56 Å². The van der Waals surface area contributed by atoms with Crippen LogP contribution in [-0.2, 0) is 6.54 Å². The van der Waals surface area contributed by atoms with E-state index < -0.39 is 0 Å². The molecule has 0 bridgehead atoms. The monoisotopic (exact) mass is 337 g/mol. The molecule has 0 fully saturated rings. The van der Waals surface area contributed by atoms with Crippen molar-refractivity contribution in [3.8, 4) is 11.5 Å². The van der Waals surface area contributed by atoms with E-state index in [2.05, 4.69) is 10.3 Å². The average molecular weight is 337 g/mol. The van der Waals surface area contributed by atoms with Crippen LogP contribution in [0.15, 0.2) is 47.3 Å². The van der Waals surface area contributed by atoms with Crippen LogP contribution in [0.5, 0.6) is 11.5 Å². The van der Waals surface area contributed by atoms with Crippen LogP contribution < -0.4 is 15.0 Å². The molecule has 0 saturated heterocycles. The van der Waals surface area contributed by atoms with Crippen LogP contribution in [0, 0.1) is 0 Å². The van der Waals surface area contributed by atoms with Gasteiger partial charge in [0.1, 0.15) is 12.1 Å². The first-order valence-corrected chi connectivity index (χ1v) is 7.98. The highest BCUT2D eigenvalue weighted by Gasteiger charge is 2.16. The van der Waals surface area contributed by atoms with Crippen molar-refractivity contribution in [2.24, 2.45) is 0 Å². The maximum absolute atomic E-state index is 12.6. The maximum atomic E-state index is 12.6. The van der Waals surface area contributed by atoms with E-state index in [0.717, 1.165) is 11.1 Å². The molecular weight excluding hydrogens is 322 g/mol. The molecule has 7 heteroatoms. The molecule has 0 atom stereocenters. The Hall–Kier alpha value is -3.22. The first-order valence-electron chi connectivity index (χ1n) is 7.98. The van der Waals surface area contributed by atoms with Gasteiger partial charge in [-0.15, -0.1) is 5.10 Å². The minimum atomic E-state index is -0.340. The van der Waals surface area contributed by atoms with Crippen molar-refractivity contribution in [2.75, 3.05) is 13.2 Å². The molecule has 2 heterocycles. The van der Waals surface area contributed by atoms with Gasteiger partial charge in [0.15, 0.2) is 17.3 Å². The summed E-state index contributed by atoms with van der Waals surface area (Å²) in [6, 6.07) is 11.9. The molecule has 2 aromatic carbocycles. The van der Waals surface area contributed by atoms with Crippen LogP contribution in [0.25, 0.3) is 10.9 Å². The van der Waals surface area contributed by atoms with Crippen LogP contribution in [0.3, 0.4) is 0 Å². The Kier molecular flexibility index (Phi) is 3.89. The van der Waals surface area contributed by atoms with Crippen molar-refractivity contribution in [3.05, 3.63) is 58.4 Å². The molecule has 1 aliphatic rings. The lowest BCUT2D eigenvalue weighted by Crippen LogP contribution is -2.27. The third-order valence-electron chi connectivity index (χ3n) is 3.99. The summed E-state index contributed by atoms with van der Waals surface area (Å²) in [7, 11) is 0. The topological polar surface area (TPSA) is 83.3 Å². The first kappa shape index (κ1) is 15.3. The highest BCUT2D eigenvalue weighted by Crippen LogP contribution is 2.30. The third kappa shape index (κ3) is 2.96. The Balaban J connectivity index is 1.63. The van der Waals surface area contributed by atoms with Gasteiger partial charge in [0, 0.05) is 12.0 Å². The molecule has 0 N–H and O–H groups in total. The number of ether oxygens (including phenoxy) is 2. The molecule has 3 aromatic rings. The SMILES string of the molecule is O=C(Cn1nnc2ccccc2c1=O)c1ccc2c(c1)OCCCO2. The molecule has 0 saturated carbocycles. The fourth-order valence-electron chi connectivity index (χ4n) is 2.69. The minimum absolute atomic E-state index is 0.184. The van der Waals surface area contributed by atoms with Crippen molar-refractivity contribution in [1.82, 2.24) is 15.0 Å². The standard InChI is InChI=1S/C18H15N3O4/c22-15(12-6-7-16-17(10-12)25-9-3-8-24-16)11-21-18(23)13-4-1-2-5-14(13)19-20-21/h1-2,4-7,10H,3,8-9,11H2. The van der Waals surface area contributed by atoms with Crippen molar-refractivity contribution >= 4 is 16.7 Å². The van der Waals surface area contributed by atoms with Crippen molar-refractivity contribution < 1.29 is 14.3 Å². The van der Waals surface area contributed by atoms with Gasteiger partial charge >= 0.3 is 0 Å². The van der Waals surface area contributed by atoms with Gasteiger partial charge in [-0.2, -0.15) is 0 Å². The van der Waals surface area contributed by atoms with Crippen LogP contribution in [0.1, 0.15) is 16.8 Å². The molecule has 1 aromatic heterocycles. The Morgan fingerprint density at radius 1 is 1.08 bits per heavy atom. The summed E-state index contributed by atoms with van der Waals surface area (Å²) in [5.74, 6) is 0.916. The van der Waals surface area contributed by atoms with E-state index in [9.17, 15) is 9.59 Å². The number of carbonyl (C=O) groups is 1. The minimum Gasteiger partial charge on any atom is -0.490 e. The third-order valence-corrected chi connectivity index (χ3v) is 3.99. The number of hydrogen-bond acceptors (Lipinski definition) is 6. The van der Waals surface area contributed by atoms with Crippen molar-refractivity contribution in [1.29, 1.82) is 0 Å². The van der Waals surface area contributed by atoms with Gasteiger partial charge in [-0.3, -0.25) is 9.59 Å². The molecule has 0 unspecified atom stereocenters. The zero-order valence-electron chi connectivity index (χ0n) is 13.3. The number of carbonyl (C=O) groups excluding carboxylic acids is 1. The van der Waals surface area contributed by atoms with Crippen LogP contribution in [0.2, 0.25) is 0 Å². The van der Waals surface area contributed by atoms with E-state index in [1.165, 1.54) is 0 Å². The van der Waals surface area contributed by atoms with Gasteiger partial charge in [-0.25, -0.2) is 4.68 Å². The second-order valence-electron chi connectivity index (χ2n) is 5.70. The molecule has 4 rings (SSSR count). The number of nitrogens with zero attached hydrogens (tertiary/aromatic N) is 3. The van der Waals surface area contributed by atoms with Gasteiger partial charge < -0.3 is 9.47 Å². The van der Waals surface area contributed by atoms with E-state index in [0.29, 0.717) is 41.2 Å². The molecule has 0 aliphatic carbocycles. The summed E-state index contributed by atoms with van der Waals surface area (Å²) in [6.07, 6.45) is 0.792. The lowest BCUT2D eigenvalue weighted by Gasteiger charge is -2.09. The summed E-state index contributed by atoms with van der Waals surface area (Å²) >= 11 is 0. The molecule has 0 radical (unpaired) electrons. The Morgan fingerprint density at radius 3 is 2.76 bits per heavy atom. The molecule has 7 nitrogen and oxygen atoms in total. The Bertz CT molecular complexity index is 1010. The predicted octanol–water partition coefficient (Wildman–Crippen LogP) is 1.84. The number of rotatable bonds is 3. The molecule has 25 heavy (non-hydrogen) atoms. The summed E-state index contributed by atoms with van der Waals surface area (Å²) in [5.41, 5.74) is 0.603. The van der Waals surface area contributed by atoms with Gasteiger partial charge in [0.2, 0.25) is 0 Å². The number of benzene rings is 2. The molecule has 0 spiro atoms. The second-order valence-corrected chi connectivity index (χ2v) is 5.70. The molecule has 0 amide bonds. The van der Waals surface area contributed by atoms with E-state index in [4.69, 9.17) is 9.47 Å². The van der Waals surface area contributed by atoms with Crippen LogP contribution >= 0.6 is 0 Å². The maximum Gasteiger partial charge on any atom is 0.278 e. The second kappa shape index (κ2) is 6.35. The quantitative estimate of drug-likeness (QED) is 0.678. The number of Topliss-reactive ketones (excluding diaryl/α,β-unsaturated/α-hetero) is 1. The largest absolute Gasteiger partial charge is 0.490 e. The van der Waals surface area contributed by atoms with Gasteiger partial charge in [0.05, 0.1) is 18.6 Å². The molecule has 1 aliphatic heterocycles. The van der Waals surface area contributed by atoms with Crippen LogP contribution in [-0.4, -0.2) is 34.0 Å². The summed E-state index contributed by atoms with van der Waals surface area (Å²) < 4.78 is 12.2. The summed E-state index contributed by atoms with van der Waals surface area (Å²) in [5, 5.41) is 8.27. The molecular formula is C18H15N3O4. The number of fused-ring (bicyclic) bond motifs is 2. The lowest BCUT2D eigenvalue weighted by atomic mass is 10.1. The molecule has 126 valence electrons. The highest BCUT2D eigenvalue weighted by atomic mass is 16.5. The van der Waals surface area contributed by atoms with Crippen molar-refractivity contribution in [2.45, 2.75) is 13.0 Å². The Morgan fingerprint density at radius 2 is 1.88 bits per heavy atom. The summed E-state index contributed by atoms with van der Waals surface area (Å²) in [4.78, 5) is 25.0. The number of aromatic nitrogens is 3. The number of hydrogen-bond donors (Lipinski definition) is 0. The number of ketones is 1. The average Bonchev–Trinajstić information content (AvgIpc) is 2.89. The Labute approximate surface area is 142 Å². The fourth-order valence-corrected chi connectivity index (χ4v) is 2.69. The zero-order valence-corrected chi connectivity index (χ0v) is 13.3. The van der Waals surface area contributed by atoms with Crippen molar-refractivity contribution in [3.63, 3.8) is 0 Å². The fraction of sp³-hybridized carbons (Fsp3) is 0.222. The van der Waals surface area contributed by atoms with Crippen LogP contribution in [0.4, 0.5) is 0 Å². The predicted molar refractivity (Wildman–Crippen MR) is 90.2 cm³/mol. The lowest BCUT2D eigenvalue weighted by molar-refractivity contribution is 0.0964. The smallest absolute Gasteiger partial charge is 0.278 e. The zero-order chi connectivity index (χ0) is 17.2. The van der Waals surface area contributed by atoms with E-state index in [-0.39, 0.29) is 17.9 Å². The highest BCUT2D eigenvalue weighted by molar-refractivity contribution is 5.96. The van der Waals surface area contributed by atoms with E-state index >= 15 is 0 Å². The van der Waals surface area contributed by atoms with Gasteiger partial charge in [-0.1, -0.05) is 17.3 Å².